The van der Waals surface area contributed by atoms with Gasteiger partial charge in [-0.25, -0.2) is 0 Å². The van der Waals surface area contributed by atoms with E-state index in [1.807, 2.05) is 69.0 Å². The van der Waals surface area contributed by atoms with E-state index in [2.05, 4.69) is 69.0 Å². The molecule has 0 aromatic heterocycles. The first kappa shape index (κ1) is 65.9. The Labute approximate surface area is 549 Å². The number of hydrogen-bond acceptors (Lipinski definition) is 16. The molecule has 0 saturated carbocycles. The van der Waals surface area contributed by atoms with Crippen molar-refractivity contribution in [1.29, 1.82) is 0 Å². The van der Waals surface area contributed by atoms with Gasteiger partial charge in [0.1, 0.15) is 6.04 Å². The second-order valence-electron chi connectivity index (χ2n) is 25.3. The highest BCUT2D eigenvalue weighted by atomic mass is 16.5. The molecule has 7 amide bonds. The van der Waals surface area contributed by atoms with Crippen LogP contribution in [0.1, 0.15) is 130 Å². The van der Waals surface area contributed by atoms with Crippen molar-refractivity contribution in [2.24, 2.45) is 15.9 Å². The van der Waals surface area contributed by atoms with Gasteiger partial charge in [0.25, 0.3) is 23.6 Å². The number of nitrogens with zero attached hydrogens (tertiary/aromatic N) is 7. The Balaban J connectivity index is 0.672. The smallest absolute Gasteiger partial charge is 0.260 e. The molecular weight excluding hydrogens is 1190 g/mol. The average Bonchev–Trinajstić information content (AvgIpc) is 1.61. The van der Waals surface area contributed by atoms with Gasteiger partial charge in [0.2, 0.25) is 17.7 Å². The summed E-state index contributed by atoms with van der Waals surface area (Å²) in [4.78, 5) is 110. The topological polar surface area (TPSA) is 245 Å². The van der Waals surface area contributed by atoms with E-state index in [1.54, 1.807) is 34.9 Å². The van der Waals surface area contributed by atoms with Crippen molar-refractivity contribution in [2.75, 3.05) is 83.0 Å². The molecule has 7 aliphatic rings. The van der Waals surface area contributed by atoms with Crippen molar-refractivity contribution < 1.29 is 52.5 Å². The summed E-state index contributed by atoms with van der Waals surface area (Å²) in [5, 5.41) is 11.8. The minimum atomic E-state index is -0.821. The Morgan fingerprint density at radius 2 is 1.11 bits per heavy atom. The molecule has 0 unspecified atom stereocenters. The van der Waals surface area contributed by atoms with E-state index in [9.17, 15) is 33.6 Å². The summed E-state index contributed by atoms with van der Waals surface area (Å²) in [6, 6.07) is 21.7. The lowest BCUT2D eigenvalue weighted by Crippen LogP contribution is -2.52. The molecule has 0 spiro atoms. The Morgan fingerprint density at radius 3 is 1.64 bits per heavy atom. The molecular formula is C72H85N11O11. The van der Waals surface area contributed by atoms with E-state index in [0.29, 0.717) is 90.1 Å². The summed E-state index contributed by atoms with van der Waals surface area (Å²) >= 11 is 0. The van der Waals surface area contributed by atoms with Crippen LogP contribution in [-0.4, -0.2) is 170 Å². The number of ether oxygens (including phenoxy) is 4. The zero-order valence-electron chi connectivity index (χ0n) is 54.2. The minimum absolute atomic E-state index is 0.0278. The lowest BCUT2D eigenvalue weighted by atomic mass is 10.0. The van der Waals surface area contributed by atoms with Gasteiger partial charge in [-0.1, -0.05) is 70.4 Å². The second-order valence-corrected chi connectivity index (χ2v) is 25.3. The monoisotopic (exact) mass is 1280 g/mol. The second kappa shape index (κ2) is 30.5. The number of fused-ring (bicyclic) bond motifs is 6. The summed E-state index contributed by atoms with van der Waals surface area (Å²) in [5.41, 5.74) is 8.45. The number of carbonyl (C=O) groups is 7. The summed E-state index contributed by atoms with van der Waals surface area (Å²) in [6.45, 7) is 15.4. The fraction of sp³-hybridized carbons (Fsp3) is 0.431. The maximum Gasteiger partial charge on any atom is 0.260 e. The van der Waals surface area contributed by atoms with Crippen LogP contribution in [0.3, 0.4) is 0 Å². The van der Waals surface area contributed by atoms with Crippen LogP contribution in [0.2, 0.25) is 0 Å². The van der Waals surface area contributed by atoms with Gasteiger partial charge in [0.05, 0.1) is 67.1 Å². The third-order valence-corrected chi connectivity index (χ3v) is 18.0. The third kappa shape index (κ3) is 16.1. The van der Waals surface area contributed by atoms with Crippen LogP contribution < -0.4 is 45.1 Å². The number of hydrogen-bond donors (Lipinski definition) is 4. The highest BCUT2D eigenvalue weighted by molar-refractivity contribution is 6.13. The zero-order valence-corrected chi connectivity index (χ0v) is 54.2. The van der Waals surface area contributed by atoms with E-state index in [1.165, 1.54) is 5.69 Å². The van der Waals surface area contributed by atoms with Crippen LogP contribution >= 0.6 is 0 Å². The summed E-state index contributed by atoms with van der Waals surface area (Å²) in [5.74, 6) is -0.566. The van der Waals surface area contributed by atoms with Gasteiger partial charge in [-0.2, -0.15) is 0 Å². The molecule has 4 atom stereocenters. The summed E-state index contributed by atoms with van der Waals surface area (Å²) in [6.07, 6.45) is 17.6. The Morgan fingerprint density at radius 1 is 0.606 bits per heavy atom. The molecule has 4 N–H and O–H groups in total. The van der Waals surface area contributed by atoms with Crippen molar-refractivity contribution >= 4 is 87.7 Å². The number of imide groups is 1. The molecule has 0 bridgehead atoms. The normalized spacial score (nSPS) is 19.9. The van der Waals surface area contributed by atoms with E-state index >= 15 is 0 Å². The molecule has 22 nitrogen and oxygen atoms in total. The van der Waals surface area contributed by atoms with Crippen LogP contribution in [0, 0.1) is 5.92 Å². The first-order valence-corrected chi connectivity index (χ1v) is 33.1. The number of benzene rings is 4. The molecule has 4 aromatic rings. The van der Waals surface area contributed by atoms with Crippen LogP contribution in [0.25, 0.3) is 11.1 Å². The van der Waals surface area contributed by atoms with Gasteiger partial charge >= 0.3 is 0 Å². The first-order chi connectivity index (χ1) is 45.5. The number of rotatable bonds is 17. The largest absolute Gasteiger partial charge is 0.490 e. The molecule has 1 saturated heterocycles. The molecule has 22 heteroatoms. The number of amides is 7. The summed E-state index contributed by atoms with van der Waals surface area (Å²) in [7, 11) is 2.16. The fourth-order valence-electron chi connectivity index (χ4n) is 12.4. The molecule has 94 heavy (non-hydrogen) atoms. The van der Waals surface area contributed by atoms with Crippen molar-refractivity contribution in [3.8, 4) is 23.0 Å². The molecule has 494 valence electrons. The van der Waals surface area contributed by atoms with Gasteiger partial charge in [-0.3, -0.25) is 48.4 Å². The SMILES string of the molecule is C=C(Nc1ccc(C2=CN3C(=O)c4cc5c(cc4N=C[C@@H]3C2)OCCCOc2cc3c(cc2OCCCCCCCCO5)C(=O)N2C=C(c4ccc(N5CCN(C)CC5)cc4)C[C@H]2C=N3)cc1)[C@H](C)NC(=O)[C@@H](NC(=O)CCCNC(=O)CCN1C(=O)C=CC1=O)C(C)C. The molecule has 7 aliphatic heterocycles. The number of aliphatic imine (C=N–C) groups is 2. The number of anilines is 2. The highest BCUT2D eigenvalue weighted by Crippen LogP contribution is 2.43. The lowest BCUT2D eigenvalue weighted by Gasteiger charge is -2.34. The Bertz CT molecular complexity index is 3660. The number of carbonyl (C=O) groups excluding carboxylic acids is 7. The fourth-order valence-corrected chi connectivity index (χ4v) is 12.4. The van der Waals surface area contributed by atoms with E-state index in [0.717, 1.165) is 110 Å². The maximum atomic E-state index is 14.5. The number of nitrogens with one attached hydrogen (secondary N) is 4. The molecule has 0 aliphatic carbocycles. The minimum Gasteiger partial charge on any atom is -0.490 e. The van der Waals surface area contributed by atoms with Crippen LogP contribution in [0.5, 0.6) is 23.0 Å². The molecule has 4 aromatic carbocycles. The third-order valence-electron chi connectivity index (χ3n) is 18.0. The van der Waals surface area contributed by atoms with Crippen molar-refractivity contribution in [3.63, 3.8) is 0 Å². The van der Waals surface area contributed by atoms with Crippen LogP contribution in [0.15, 0.2) is 120 Å². The number of likely N-dealkylation sites (N-methyl/N-ethyl adjacent to an activating group) is 1. The van der Waals surface area contributed by atoms with Gasteiger partial charge in [-0.05, 0) is 97.8 Å². The van der Waals surface area contributed by atoms with Crippen molar-refractivity contribution in [1.82, 2.24) is 35.6 Å². The van der Waals surface area contributed by atoms with Gasteiger partial charge in [0, 0.05) is 138 Å². The molecule has 7 heterocycles. The Hall–Kier alpha value is -9.57. The highest BCUT2D eigenvalue weighted by Gasteiger charge is 2.36. The van der Waals surface area contributed by atoms with Crippen LogP contribution in [0.4, 0.5) is 22.7 Å². The zero-order chi connectivity index (χ0) is 65.8. The van der Waals surface area contributed by atoms with Crippen molar-refractivity contribution in [2.45, 2.75) is 122 Å². The quantitative estimate of drug-likeness (QED) is 0.0569. The van der Waals surface area contributed by atoms with E-state index in [4.69, 9.17) is 28.9 Å². The lowest BCUT2D eigenvalue weighted by molar-refractivity contribution is -0.137. The van der Waals surface area contributed by atoms with Crippen LogP contribution in [-0.2, 0) is 24.0 Å². The number of piperazine rings is 1. The predicted octanol–water partition coefficient (Wildman–Crippen LogP) is 9.12. The molecule has 11 rings (SSSR count). The van der Waals surface area contributed by atoms with E-state index in [-0.39, 0.29) is 86.7 Å². The predicted molar refractivity (Wildman–Crippen MR) is 361 cm³/mol. The van der Waals surface area contributed by atoms with Gasteiger partial charge in [-0.15, -0.1) is 0 Å². The van der Waals surface area contributed by atoms with Crippen molar-refractivity contribution in [3.05, 3.63) is 132 Å². The maximum absolute atomic E-state index is 14.5. The standard InChI is InChI=1S/C72H85N11O11/c1-46(2)69(78-66(85)14-12-26-73-65(84)25-27-81-67(86)23-24-68(81)87)70(88)77-48(4)47(3)76-53-19-15-49(16-20-53)51-36-55-42-74-59-40-63-61(38-57(59)71(89)82(55)44-51)91-32-10-8-6-7-9-11-33-92-62-39-58-60(41-64(62)94-35-13-34-93-63)75-43-56-37-52(45-83(56)72(58)90)50-17-21-54(22-18-50)80-30-28-79(5)29-31-80/h15-24,38-46,48,55-56,69,76H,3,6-14,25-37H2,1-2,4-5H3,(H,73,84)(H,77,88)(H,78,85)/t48-,55-,56-,69-/m0/s1. The first-order valence-electron chi connectivity index (χ1n) is 33.1. The van der Waals surface area contributed by atoms with Gasteiger partial charge in [0.15, 0.2) is 23.0 Å². The summed E-state index contributed by atoms with van der Waals surface area (Å²) < 4.78 is 25.7. The van der Waals surface area contributed by atoms with E-state index < -0.39 is 23.9 Å². The molecule has 1 fully saturated rings. The van der Waals surface area contributed by atoms with Gasteiger partial charge < -0.3 is 59.8 Å². The Kier molecular flexibility index (Phi) is 21.4. The molecule has 0 radical (unpaired) electrons. The average molecular weight is 1280 g/mol.